The molecule has 1 aromatic carbocycles. The van der Waals surface area contributed by atoms with Crippen LogP contribution in [0.25, 0.3) is 6.08 Å². The molecule has 17 heavy (non-hydrogen) atoms. The molecule has 0 saturated carbocycles. The molecule has 0 aliphatic carbocycles. The predicted octanol–water partition coefficient (Wildman–Crippen LogP) is 1.95. The Kier molecular flexibility index (Phi) is 3.25. The van der Waals surface area contributed by atoms with Crippen LogP contribution in [0.4, 0.5) is 5.82 Å². The van der Waals surface area contributed by atoms with E-state index in [9.17, 15) is 4.79 Å². The topological polar surface area (TPSA) is 68.9 Å². The Morgan fingerprint density at radius 1 is 1.24 bits per heavy atom. The molecule has 1 heterocycles. The quantitative estimate of drug-likeness (QED) is 0.640. The highest BCUT2D eigenvalue weighted by atomic mass is 16.1. The van der Waals surface area contributed by atoms with E-state index in [1.807, 2.05) is 18.2 Å². The SMILES string of the molecule is Nc1ncncc1/C=C/C(=O)c1ccccc1. The Morgan fingerprint density at radius 2 is 2.00 bits per heavy atom. The molecule has 4 nitrogen and oxygen atoms in total. The minimum absolute atomic E-state index is 0.0751. The van der Waals surface area contributed by atoms with Gasteiger partial charge in [-0.3, -0.25) is 4.79 Å². The van der Waals surface area contributed by atoms with E-state index in [0.29, 0.717) is 16.9 Å². The normalized spacial score (nSPS) is 10.6. The number of allylic oxidation sites excluding steroid dienone is 1. The summed E-state index contributed by atoms with van der Waals surface area (Å²) in [5, 5.41) is 0. The number of benzene rings is 1. The summed E-state index contributed by atoms with van der Waals surface area (Å²) in [4.78, 5) is 19.4. The van der Waals surface area contributed by atoms with Crippen molar-refractivity contribution < 1.29 is 4.79 Å². The van der Waals surface area contributed by atoms with Gasteiger partial charge < -0.3 is 5.73 Å². The highest BCUT2D eigenvalue weighted by molar-refractivity contribution is 6.06. The average molecular weight is 225 g/mol. The van der Waals surface area contributed by atoms with Gasteiger partial charge in [-0.25, -0.2) is 9.97 Å². The van der Waals surface area contributed by atoms with Crippen LogP contribution in [0.2, 0.25) is 0 Å². The maximum Gasteiger partial charge on any atom is 0.185 e. The van der Waals surface area contributed by atoms with Crippen LogP contribution in [-0.2, 0) is 0 Å². The number of anilines is 1. The standard InChI is InChI=1S/C13H11N3O/c14-13-11(8-15-9-16-13)6-7-12(17)10-4-2-1-3-5-10/h1-9H,(H2,14,15,16)/b7-6+. The molecule has 2 aromatic rings. The molecular weight excluding hydrogens is 214 g/mol. The van der Waals surface area contributed by atoms with Crippen molar-refractivity contribution in [2.45, 2.75) is 0 Å². The number of carbonyl (C=O) groups excluding carboxylic acids is 1. The fourth-order valence-electron chi connectivity index (χ4n) is 1.34. The highest BCUT2D eigenvalue weighted by Gasteiger charge is 2.00. The van der Waals surface area contributed by atoms with Gasteiger partial charge in [0, 0.05) is 17.3 Å². The Balaban J connectivity index is 2.17. The summed E-state index contributed by atoms with van der Waals surface area (Å²) in [7, 11) is 0. The summed E-state index contributed by atoms with van der Waals surface area (Å²) in [6.45, 7) is 0. The van der Waals surface area contributed by atoms with Crippen LogP contribution >= 0.6 is 0 Å². The molecule has 2 rings (SSSR count). The molecule has 0 atom stereocenters. The summed E-state index contributed by atoms with van der Waals surface area (Å²) in [5.41, 5.74) is 6.91. The molecule has 0 amide bonds. The Morgan fingerprint density at radius 3 is 2.71 bits per heavy atom. The van der Waals surface area contributed by atoms with Crippen LogP contribution < -0.4 is 5.73 Å². The molecule has 0 bridgehead atoms. The lowest BCUT2D eigenvalue weighted by Crippen LogP contribution is -1.96. The molecule has 0 aliphatic rings. The van der Waals surface area contributed by atoms with Crippen molar-refractivity contribution in [1.82, 2.24) is 9.97 Å². The van der Waals surface area contributed by atoms with E-state index in [2.05, 4.69) is 9.97 Å². The van der Waals surface area contributed by atoms with Gasteiger partial charge in [-0.15, -0.1) is 0 Å². The first kappa shape index (κ1) is 11.0. The van der Waals surface area contributed by atoms with E-state index in [4.69, 9.17) is 5.73 Å². The minimum atomic E-state index is -0.0751. The number of aromatic nitrogens is 2. The summed E-state index contributed by atoms with van der Waals surface area (Å²) in [6.07, 6.45) is 6.01. The van der Waals surface area contributed by atoms with Crippen molar-refractivity contribution >= 4 is 17.7 Å². The van der Waals surface area contributed by atoms with Crippen LogP contribution in [0.5, 0.6) is 0 Å². The molecule has 0 unspecified atom stereocenters. The zero-order chi connectivity index (χ0) is 12.1. The van der Waals surface area contributed by atoms with Crippen molar-refractivity contribution in [3.05, 3.63) is 60.1 Å². The second-order valence-corrected chi connectivity index (χ2v) is 3.43. The third kappa shape index (κ3) is 2.75. The highest BCUT2D eigenvalue weighted by Crippen LogP contribution is 2.09. The van der Waals surface area contributed by atoms with Crippen LogP contribution in [-0.4, -0.2) is 15.8 Å². The lowest BCUT2D eigenvalue weighted by Gasteiger charge is -1.97. The second kappa shape index (κ2) is 5.03. The molecular formula is C13H11N3O. The van der Waals surface area contributed by atoms with Gasteiger partial charge in [0.1, 0.15) is 12.1 Å². The molecule has 1 aromatic heterocycles. The third-order valence-electron chi connectivity index (χ3n) is 2.25. The van der Waals surface area contributed by atoms with Crippen molar-refractivity contribution in [3.63, 3.8) is 0 Å². The minimum Gasteiger partial charge on any atom is -0.383 e. The van der Waals surface area contributed by atoms with Crippen molar-refractivity contribution in [1.29, 1.82) is 0 Å². The second-order valence-electron chi connectivity index (χ2n) is 3.43. The van der Waals surface area contributed by atoms with E-state index in [-0.39, 0.29) is 5.78 Å². The number of nitrogens with zero attached hydrogens (tertiary/aromatic N) is 2. The number of hydrogen-bond donors (Lipinski definition) is 1. The molecule has 0 aliphatic heterocycles. The molecule has 2 N–H and O–H groups in total. The van der Waals surface area contributed by atoms with Gasteiger partial charge >= 0.3 is 0 Å². The van der Waals surface area contributed by atoms with E-state index < -0.39 is 0 Å². The predicted molar refractivity (Wildman–Crippen MR) is 66.3 cm³/mol. The van der Waals surface area contributed by atoms with Crippen molar-refractivity contribution in [2.24, 2.45) is 0 Å². The maximum atomic E-state index is 11.8. The van der Waals surface area contributed by atoms with Crippen molar-refractivity contribution in [2.75, 3.05) is 5.73 Å². The summed E-state index contributed by atoms with van der Waals surface area (Å²) in [6, 6.07) is 9.03. The van der Waals surface area contributed by atoms with Gasteiger partial charge in [-0.2, -0.15) is 0 Å². The van der Waals surface area contributed by atoms with Crippen LogP contribution in [0.15, 0.2) is 48.9 Å². The largest absolute Gasteiger partial charge is 0.383 e. The van der Waals surface area contributed by atoms with Gasteiger partial charge in [0.15, 0.2) is 5.78 Å². The molecule has 0 radical (unpaired) electrons. The van der Waals surface area contributed by atoms with E-state index in [1.165, 1.54) is 12.4 Å². The number of rotatable bonds is 3. The Hall–Kier alpha value is -2.49. The average Bonchev–Trinajstić information content (AvgIpc) is 2.38. The maximum absolute atomic E-state index is 11.8. The number of hydrogen-bond acceptors (Lipinski definition) is 4. The number of nitrogens with two attached hydrogens (primary N) is 1. The fraction of sp³-hybridized carbons (Fsp3) is 0. The number of carbonyl (C=O) groups is 1. The van der Waals surface area contributed by atoms with Gasteiger partial charge in [-0.05, 0) is 12.2 Å². The lowest BCUT2D eigenvalue weighted by molar-refractivity contribution is 0.104. The zero-order valence-electron chi connectivity index (χ0n) is 9.08. The third-order valence-corrected chi connectivity index (χ3v) is 2.25. The van der Waals surface area contributed by atoms with E-state index >= 15 is 0 Å². The molecule has 84 valence electrons. The van der Waals surface area contributed by atoms with Crippen LogP contribution in [0, 0.1) is 0 Å². The first-order valence-corrected chi connectivity index (χ1v) is 5.10. The Labute approximate surface area is 98.8 Å². The number of ketones is 1. The van der Waals surface area contributed by atoms with E-state index in [0.717, 1.165) is 0 Å². The van der Waals surface area contributed by atoms with Gasteiger partial charge in [0.25, 0.3) is 0 Å². The lowest BCUT2D eigenvalue weighted by atomic mass is 10.1. The molecule has 0 spiro atoms. The Bertz CT molecular complexity index is 550. The first-order valence-electron chi connectivity index (χ1n) is 5.10. The first-order chi connectivity index (χ1) is 8.27. The molecule has 0 fully saturated rings. The summed E-state index contributed by atoms with van der Waals surface area (Å²) in [5.74, 6) is 0.283. The summed E-state index contributed by atoms with van der Waals surface area (Å²) < 4.78 is 0. The van der Waals surface area contributed by atoms with Gasteiger partial charge in [0.2, 0.25) is 0 Å². The van der Waals surface area contributed by atoms with Crippen LogP contribution in [0.1, 0.15) is 15.9 Å². The smallest absolute Gasteiger partial charge is 0.185 e. The van der Waals surface area contributed by atoms with Gasteiger partial charge in [-0.1, -0.05) is 30.3 Å². The van der Waals surface area contributed by atoms with E-state index in [1.54, 1.807) is 24.4 Å². The molecule has 0 saturated heterocycles. The van der Waals surface area contributed by atoms with Crippen molar-refractivity contribution in [3.8, 4) is 0 Å². The fourth-order valence-corrected chi connectivity index (χ4v) is 1.34. The van der Waals surface area contributed by atoms with Crippen LogP contribution in [0.3, 0.4) is 0 Å². The zero-order valence-corrected chi connectivity index (χ0v) is 9.08. The summed E-state index contributed by atoms with van der Waals surface area (Å²) >= 11 is 0. The van der Waals surface area contributed by atoms with Gasteiger partial charge in [0.05, 0.1) is 0 Å². The number of nitrogen functional groups attached to an aromatic ring is 1. The molecule has 4 heteroatoms. The monoisotopic (exact) mass is 225 g/mol.